The number of hydrogen-bond acceptors (Lipinski definition) is 7. The molecule has 1 aliphatic heterocycles. The third kappa shape index (κ3) is 3.11. The minimum absolute atomic E-state index is 0.0871. The molecule has 3 aromatic rings. The lowest BCUT2D eigenvalue weighted by molar-refractivity contribution is 0.319. The number of para-hydroxylation sites is 1. The predicted octanol–water partition coefficient (Wildman–Crippen LogP) is 3.22. The van der Waals surface area contributed by atoms with Gasteiger partial charge in [0.2, 0.25) is 0 Å². The summed E-state index contributed by atoms with van der Waals surface area (Å²) < 4.78 is 28.8. The molecule has 0 saturated heterocycles. The molecule has 1 aliphatic carbocycles. The summed E-state index contributed by atoms with van der Waals surface area (Å²) in [7, 11) is -3.69. The minimum Gasteiger partial charge on any atom is -0.358 e. The highest BCUT2D eigenvalue weighted by molar-refractivity contribution is 7.90. The molecule has 5 rings (SSSR count). The van der Waals surface area contributed by atoms with Crippen molar-refractivity contribution in [2.75, 3.05) is 5.32 Å². The molecule has 1 aromatic carbocycles. The molecule has 30 heavy (non-hydrogen) atoms. The summed E-state index contributed by atoms with van der Waals surface area (Å²) in [6.07, 6.45) is 7.86. The van der Waals surface area contributed by atoms with Gasteiger partial charge in [0.1, 0.15) is 22.6 Å². The SMILES string of the molecule is CC(Nc1ncnc2[nH]cnc12)C1=Nc2ccccc2S(=O)(=O)N1C1CCCCC1. The number of imidazole rings is 1. The van der Waals surface area contributed by atoms with Crippen molar-refractivity contribution in [1.82, 2.24) is 24.2 Å². The van der Waals surface area contributed by atoms with E-state index in [1.54, 1.807) is 28.8 Å². The van der Waals surface area contributed by atoms with Crippen LogP contribution in [0.15, 0.2) is 46.8 Å². The molecule has 2 aliphatic rings. The number of H-pyrrole nitrogens is 1. The van der Waals surface area contributed by atoms with Crippen LogP contribution in [0.2, 0.25) is 0 Å². The Hall–Kier alpha value is -3.01. The van der Waals surface area contributed by atoms with Crippen molar-refractivity contribution >= 4 is 38.5 Å². The lowest BCUT2D eigenvalue weighted by Gasteiger charge is -2.39. The van der Waals surface area contributed by atoms with Gasteiger partial charge in [-0.25, -0.2) is 32.7 Å². The highest BCUT2D eigenvalue weighted by atomic mass is 32.2. The lowest BCUT2D eigenvalue weighted by atomic mass is 9.95. The molecule has 10 heteroatoms. The van der Waals surface area contributed by atoms with E-state index in [4.69, 9.17) is 4.99 Å². The van der Waals surface area contributed by atoms with Gasteiger partial charge in [-0.1, -0.05) is 31.4 Å². The fraction of sp³-hybridized carbons (Fsp3) is 0.400. The Morgan fingerprint density at radius 1 is 1.13 bits per heavy atom. The standard InChI is InChI=1S/C20H23N7O2S/c1-13(25-19-17-18(22-11-21-17)23-12-24-19)20-26-15-9-5-6-10-16(15)30(28,29)27(20)14-7-3-2-4-8-14/h5-6,9-14H,2-4,7-8H2,1H3,(H2,21,22,23,24,25). The molecule has 2 aromatic heterocycles. The van der Waals surface area contributed by atoms with Crippen molar-refractivity contribution in [2.45, 2.75) is 56.0 Å². The van der Waals surface area contributed by atoms with Crippen molar-refractivity contribution in [3.05, 3.63) is 36.9 Å². The van der Waals surface area contributed by atoms with E-state index in [1.165, 1.54) is 6.33 Å². The fourth-order valence-electron chi connectivity index (χ4n) is 4.30. The number of hydrogen-bond donors (Lipinski definition) is 2. The first kappa shape index (κ1) is 19.0. The summed E-state index contributed by atoms with van der Waals surface area (Å²) in [5.74, 6) is 1.03. The number of anilines is 1. The first-order valence-corrected chi connectivity index (χ1v) is 11.6. The Morgan fingerprint density at radius 2 is 1.93 bits per heavy atom. The Balaban J connectivity index is 1.58. The maximum atomic E-state index is 13.6. The van der Waals surface area contributed by atoms with Gasteiger partial charge in [-0.3, -0.25) is 0 Å². The van der Waals surface area contributed by atoms with Gasteiger partial charge in [0.05, 0.1) is 18.1 Å². The van der Waals surface area contributed by atoms with Crippen LogP contribution >= 0.6 is 0 Å². The highest BCUT2D eigenvalue weighted by Gasteiger charge is 2.41. The number of fused-ring (bicyclic) bond motifs is 2. The number of nitrogens with zero attached hydrogens (tertiary/aromatic N) is 5. The summed E-state index contributed by atoms with van der Waals surface area (Å²) >= 11 is 0. The maximum Gasteiger partial charge on any atom is 0.267 e. The van der Waals surface area contributed by atoms with E-state index >= 15 is 0 Å². The summed E-state index contributed by atoms with van der Waals surface area (Å²) in [6, 6.07) is 6.44. The fourth-order valence-corrected chi connectivity index (χ4v) is 6.18. The normalized spacial score (nSPS) is 19.9. The van der Waals surface area contributed by atoms with Crippen LogP contribution in [0.3, 0.4) is 0 Å². The number of benzene rings is 1. The van der Waals surface area contributed by atoms with Gasteiger partial charge in [0.15, 0.2) is 11.5 Å². The van der Waals surface area contributed by atoms with Gasteiger partial charge in [0, 0.05) is 6.04 Å². The quantitative estimate of drug-likeness (QED) is 0.663. The average molecular weight is 426 g/mol. The lowest BCUT2D eigenvalue weighted by Crippen LogP contribution is -2.52. The molecular weight excluding hydrogens is 402 g/mol. The van der Waals surface area contributed by atoms with Crippen LogP contribution in [0.1, 0.15) is 39.0 Å². The van der Waals surface area contributed by atoms with Crippen molar-refractivity contribution < 1.29 is 8.42 Å². The Kier molecular flexibility index (Phi) is 4.65. The third-order valence-electron chi connectivity index (χ3n) is 5.73. The first-order chi connectivity index (χ1) is 14.6. The van der Waals surface area contributed by atoms with Crippen LogP contribution in [0.5, 0.6) is 0 Å². The number of amidine groups is 1. The average Bonchev–Trinajstić information content (AvgIpc) is 3.24. The molecule has 1 saturated carbocycles. The van der Waals surface area contributed by atoms with E-state index in [0.29, 0.717) is 28.5 Å². The second-order valence-electron chi connectivity index (χ2n) is 7.72. The number of aromatic amines is 1. The van der Waals surface area contributed by atoms with Crippen LogP contribution in [-0.4, -0.2) is 50.6 Å². The first-order valence-electron chi connectivity index (χ1n) is 10.2. The molecule has 156 valence electrons. The van der Waals surface area contributed by atoms with Gasteiger partial charge in [-0.2, -0.15) is 0 Å². The molecule has 0 bridgehead atoms. The zero-order chi connectivity index (χ0) is 20.7. The van der Waals surface area contributed by atoms with E-state index in [0.717, 1.165) is 32.1 Å². The molecule has 1 unspecified atom stereocenters. The van der Waals surface area contributed by atoms with Crippen LogP contribution in [-0.2, 0) is 10.0 Å². The Labute approximate surface area is 174 Å². The highest BCUT2D eigenvalue weighted by Crippen LogP contribution is 2.37. The molecule has 2 N–H and O–H groups in total. The van der Waals surface area contributed by atoms with Crippen molar-refractivity contribution in [3.8, 4) is 0 Å². The molecule has 9 nitrogen and oxygen atoms in total. The van der Waals surface area contributed by atoms with E-state index in [-0.39, 0.29) is 10.9 Å². The molecule has 0 amide bonds. The minimum atomic E-state index is -3.69. The van der Waals surface area contributed by atoms with E-state index < -0.39 is 16.1 Å². The van der Waals surface area contributed by atoms with E-state index in [2.05, 4.69) is 25.3 Å². The summed E-state index contributed by atoms with van der Waals surface area (Å²) in [5, 5.41) is 3.31. The predicted molar refractivity (Wildman–Crippen MR) is 114 cm³/mol. The van der Waals surface area contributed by atoms with Crippen LogP contribution < -0.4 is 5.32 Å². The van der Waals surface area contributed by atoms with Crippen LogP contribution in [0.25, 0.3) is 11.2 Å². The summed E-state index contributed by atoms with van der Waals surface area (Å²) in [6.45, 7) is 1.90. The Bertz CT molecular complexity index is 1210. The zero-order valence-electron chi connectivity index (χ0n) is 16.6. The van der Waals surface area contributed by atoms with Crippen molar-refractivity contribution in [2.24, 2.45) is 4.99 Å². The third-order valence-corrected chi connectivity index (χ3v) is 7.63. The van der Waals surface area contributed by atoms with Gasteiger partial charge >= 0.3 is 0 Å². The van der Waals surface area contributed by atoms with E-state index in [9.17, 15) is 8.42 Å². The van der Waals surface area contributed by atoms with Gasteiger partial charge < -0.3 is 10.3 Å². The molecular formula is C20H23N7O2S. The topological polar surface area (TPSA) is 116 Å². The molecule has 1 fully saturated rings. The van der Waals surface area contributed by atoms with Crippen molar-refractivity contribution in [1.29, 1.82) is 0 Å². The molecule has 0 radical (unpaired) electrons. The number of rotatable bonds is 4. The Morgan fingerprint density at radius 3 is 2.77 bits per heavy atom. The number of aliphatic imine (C=N–C) groups is 1. The van der Waals surface area contributed by atoms with Crippen LogP contribution in [0, 0.1) is 0 Å². The monoisotopic (exact) mass is 425 g/mol. The van der Waals surface area contributed by atoms with Crippen molar-refractivity contribution in [3.63, 3.8) is 0 Å². The maximum absolute atomic E-state index is 13.6. The second kappa shape index (κ2) is 7.35. The van der Waals surface area contributed by atoms with Gasteiger partial charge in [-0.05, 0) is 31.9 Å². The molecule has 3 heterocycles. The summed E-state index contributed by atoms with van der Waals surface area (Å²) in [4.78, 5) is 20.8. The molecule has 1 atom stereocenters. The van der Waals surface area contributed by atoms with Gasteiger partial charge in [0.25, 0.3) is 10.0 Å². The number of sulfonamides is 1. The zero-order valence-corrected chi connectivity index (χ0v) is 17.4. The summed E-state index contributed by atoms with van der Waals surface area (Å²) in [5.41, 5.74) is 1.70. The smallest absolute Gasteiger partial charge is 0.267 e. The second-order valence-corrected chi connectivity index (χ2v) is 9.50. The number of aromatic nitrogens is 4. The molecule has 0 spiro atoms. The van der Waals surface area contributed by atoms with E-state index in [1.807, 2.05) is 13.0 Å². The van der Waals surface area contributed by atoms with Crippen LogP contribution in [0.4, 0.5) is 11.5 Å². The van der Waals surface area contributed by atoms with Gasteiger partial charge in [-0.15, -0.1) is 0 Å². The number of nitrogens with one attached hydrogen (secondary N) is 2. The largest absolute Gasteiger partial charge is 0.358 e.